The number of carbonyl (C=O) groups is 1. The van der Waals surface area contributed by atoms with Crippen LogP contribution in [0.3, 0.4) is 0 Å². The molecule has 16 nitrogen and oxygen atoms in total. The second-order valence-corrected chi connectivity index (χ2v) is 7.97. The first-order chi connectivity index (χ1) is 16.0. The van der Waals surface area contributed by atoms with Crippen molar-refractivity contribution in [3.63, 3.8) is 0 Å². The van der Waals surface area contributed by atoms with Gasteiger partial charge in [0.05, 0.1) is 19.8 Å². The maximum atomic E-state index is 11.8. The predicted molar refractivity (Wildman–Crippen MR) is 102 cm³/mol. The van der Waals surface area contributed by atoms with Crippen LogP contribution in [0.25, 0.3) is 0 Å². The van der Waals surface area contributed by atoms with E-state index in [1.807, 2.05) is 0 Å². The number of aliphatic hydroxyl groups excluding tert-OH is 11. The Kier molecular flexibility index (Phi) is 11.1. The Morgan fingerprint density at radius 3 is 1.53 bits per heavy atom. The van der Waals surface area contributed by atoms with Crippen molar-refractivity contribution in [2.75, 3.05) is 19.8 Å². The fraction of sp³-hybridized carbons (Fsp3) is 0.944. The fourth-order valence-corrected chi connectivity index (χ4v) is 3.54. The lowest BCUT2D eigenvalue weighted by Gasteiger charge is -2.44. The monoisotopic (exact) mass is 504 g/mol. The van der Waals surface area contributed by atoms with Gasteiger partial charge in [-0.15, -0.1) is 0 Å². The van der Waals surface area contributed by atoms with E-state index < -0.39 is 106 Å². The number of rotatable bonds is 11. The molecule has 2 saturated heterocycles. The highest BCUT2D eigenvalue weighted by Crippen LogP contribution is 2.28. The van der Waals surface area contributed by atoms with Gasteiger partial charge >= 0.3 is 0 Å². The third-order valence-electron chi connectivity index (χ3n) is 5.66. The first kappa shape index (κ1) is 29.3. The summed E-state index contributed by atoms with van der Waals surface area (Å²) in [6.45, 7) is -2.66. The van der Waals surface area contributed by atoms with E-state index in [2.05, 4.69) is 0 Å². The summed E-state index contributed by atoms with van der Waals surface area (Å²) in [5, 5.41) is 108. The Morgan fingerprint density at radius 2 is 1.15 bits per heavy atom. The van der Waals surface area contributed by atoms with Crippen molar-refractivity contribution in [3.8, 4) is 0 Å². The zero-order valence-electron chi connectivity index (χ0n) is 17.7. The summed E-state index contributed by atoms with van der Waals surface area (Å²) >= 11 is 0. The maximum Gasteiger partial charge on any atom is 0.187 e. The minimum Gasteiger partial charge on any atom is -0.394 e. The van der Waals surface area contributed by atoms with Crippen LogP contribution in [0.1, 0.15) is 0 Å². The molecule has 0 aromatic heterocycles. The molecule has 14 atom stereocenters. The lowest BCUT2D eigenvalue weighted by molar-refractivity contribution is -0.344. The van der Waals surface area contributed by atoms with E-state index in [1.165, 1.54) is 0 Å². The molecule has 2 rings (SSSR count). The topological polar surface area (TPSA) is 277 Å². The highest BCUT2D eigenvalue weighted by molar-refractivity contribution is 5.57. The van der Waals surface area contributed by atoms with E-state index in [4.69, 9.17) is 18.9 Å². The van der Waals surface area contributed by atoms with Crippen LogP contribution in [-0.2, 0) is 23.7 Å². The summed E-state index contributed by atoms with van der Waals surface area (Å²) in [4.78, 5) is 11.8. The first-order valence-corrected chi connectivity index (χ1v) is 10.4. The van der Waals surface area contributed by atoms with Gasteiger partial charge in [0.1, 0.15) is 73.2 Å². The second kappa shape index (κ2) is 12.9. The van der Waals surface area contributed by atoms with Crippen molar-refractivity contribution in [2.45, 2.75) is 85.8 Å². The van der Waals surface area contributed by atoms with Crippen LogP contribution >= 0.6 is 0 Å². The van der Waals surface area contributed by atoms with Crippen LogP contribution in [-0.4, -0.2) is 168 Å². The molecule has 0 aromatic carbocycles. The summed E-state index contributed by atoms with van der Waals surface area (Å²) in [6, 6.07) is 0. The van der Waals surface area contributed by atoms with Gasteiger partial charge in [-0.3, -0.25) is 0 Å². The molecule has 34 heavy (non-hydrogen) atoms. The largest absolute Gasteiger partial charge is 0.394 e. The zero-order valence-corrected chi connectivity index (χ0v) is 17.7. The van der Waals surface area contributed by atoms with Gasteiger partial charge in [-0.25, -0.2) is 0 Å². The molecule has 200 valence electrons. The number of hydrogen-bond donors (Lipinski definition) is 11. The molecule has 0 unspecified atom stereocenters. The molecule has 2 fully saturated rings. The number of aliphatic hydroxyl groups is 11. The second-order valence-electron chi connectivity index (χ2n) is 7.97. The van der Waals surface area contributed by atoms with E-state index in [1.54, 1.807) is 0 Å². The molecule has 0 aromatic rings. The number of aldehydes is 1. The van der Waals surface area contributed by atoms with Crippen molar-refractivity contribution in [3.05, 3.63) is 0 Å². The Morgan fingerprint density at radius 1 is 0.706 bits per heavy atom. The molecule has 0 bridgehead atoms. The molecule has 0 amide bonds. The van der Waals surface area contributed by atoms with Gasteiger partial charge < -0.3 is 79.9 Å². The lowest BCUT2D eigenvalue weighted by Crippen LogP contribution is -2.63. The van der Waals surface area contributed by atoms with Gasteiger partial charge in [0.2, 0.25) is 0 Å². The molecule has 0 saturated carbocycles. The van der Waals surface area contributed by atoms with Crippen molar-refractivity contribution in [1.82, 2.24) is 0 Å². The summed E-state index contributed by atoms with van der Waals surface area (Å²) < 4.78 is 20.9. The molecular weight excluding hydrogens is 472 g/mol. The minimum atomic E-state index is -2.11. The molecular formula is C18H32O16. The van der Waals surface area contributed by atoms with Crippen LogP contribution in [0, 0.1) is 0 Å². The van der Waals surface area contributed by atoms with Crippen LogP contribution in [0.5, 0.6) is 0 Å². The normalized spacial score (nSPS) is 42.6. The third-order valence-corrected chi connectivity index (χ3v) is 5.66. The van der Waals surface area contributed by atoms with Crippen LogP contribution in [0.15, 0.2) is 0 Å². The van der Waals surface area contributed by atoms with E-state index in [0.717, 1.165) is 0 Å². The molecule has 2 aliphatic heterocycles. The number of hydrogen-bond acceptors (Lipinski definition) is 16. The molecule has 0 radical (unpaired) electrons. The van der Waals surface area contributed by atoms with Gasteiger partial charge in [-0.2, -0.15) is 0 Å². The lowest BCUT2D eigenvalue weighted by atomic mass is 9.98. The smallest absolute Gasteiger partial charge is 0.187 e. The molecule has 2 aliphatic rings. The minimum absolute atomic E-state index is 0.0173. The van der Waals surface area contributed by atoms with Crippen molar-refractivity contribution < 1.29 is 79.9 Å². The van der Waals surface area contributed by atoms with E-state index in [9.17, 15) is 61.0 Å². The SMILES string of the molecule is O=C[C@H](O[C@@H]1O[C@H](CO)[C@H](O)[C@H](O)[C@H]1O)[C@@H](O[C@@H]1O[C@H](CO)[C@H](O)[C@H](O)[C@H]1O)[C@H](O)[C@H](O)CO. The molecule has 0 spiro atoms. The first-order valence-electron chi connectivity index (χ1n) is 10.4. The van der Waals surface area contributed by atoms with Gasteiger partial charge in [-0.05, 0) is 0 Å². The van der Waals surface area contributed by atoms with E-state index in [0.29, 0.717) is 0 Å². The highest BCUT2D eigenvalue weighted by Gasteiger charge is 2.49. The number of carbonyl (C=O) groups excluding carboxylic acids is 1. The molecule has 2 heterocycles. The van der Waals surface area contributed by atoms with Gasteiger partial charge in [0.15, 0.2) is 18.9 Å². The Labute approximate surface area is 192 Å². The summed E-state index contributed by atoms with van der Waals surface area (Å²) in [7, 11) is 0. The highest BCUT2D eigenvalue weighted by atomic mass is 16.7. The molecule has 0 aliphatic carbocycles. The zero-order chi connectivity index (χ0) is 25.7. The molecule has 16 heteroatoms. The standard InChI is InChI=1S/C18H32O16/c19-1-5(23)9(24)16(34-18-15(30)13(28)11(26)7(3-21)32-18)8(4-22)33-17-14(29)12(27)10(25)6(2-20)31-17/h4-21,23-30H,1-3H2/t5-,6-,7-,8+,9-,10+,11+,12+,13+,14-,15-,16-,17+,18+/m1/s1. The summed E-state index contributed by atoms with van der Waals surface area (Å²) in [5.74, 6) is 0. The third kappa shape index (κ3) is 6.25. The quantitative estimate of drug-likeness (QED) is 0.117. The number of ether oxygens (including phenoxy) is 4. The van der Waals surface area contributed by atoms with Crippen LogP contribution in [0.2, 0.25) is 0 Å². The predicted octanol–water partition coefficient (Wildman–Crippen LogP) is -7.73. The van der Waals surface area contributed by atoms with Crippen molar-refractivity contribution >= 4 is 6.29 Å². The average Bonchev–Trinajstić information content (AvgIpc) is 2.84. The Balaban J connectivity index is 2.28. The van der Waals surface area contributed by atoms with Gasteiger partial charge in [-0.1, -0.05) is 0 Å². The van der Waals surface area contributed by atoms with Crippen LogP contribution < -0.4 is 0 Å². The summed E-state index contributed by atoms with van der Waals surface area (Å²) in [6.07, 6.45) is -25.8. The van der Waals surface area contributed by atoms with Crippen molar-refractivity contribution in [2.24, 2.45) is 0 Å². The summed E-state index contributed by atoms with van der Waals surface area (Å²) in [5.41, 5.74) is 0. The Hall–Kier alpha value is -0.930. The van der Waals surface area contributed by atoms with Crippen molar-refractivity contribution in [1.29, 1.82) is 0 Å². The van der Waals surface area contributed by atoms with Crippen LogP contribution in [0.4, 0.5) is 0 Å². The molecule has 11 N–H and O–H groups in total. The van der Waals surface area contributed by atoms with E-state index >= 15 is 0 Å². The van der Waals surface area contributed by atoms with E-state index in [-0.39, 0.29) is 6.29 Å². The van der Waals surface area contributed by atoms with Gasteiger partial charge in [0, 0.05) is 0 Å². The maximum absolute atomic E-state index is 11.8. The average molecular weight is 504 g/mol. The Bertz CT molecular complexity index is 621. The van der Waals surface area contributed by atoms with Gasteiger partial charge in [0.25, 0.3) is 0 Å². The fourth-order valence-electron chi connectivity index (χ4n) is 3.54.